The smallest absolute Gasteiger partial charge is 0.165 e. The average molecular weight is 223 g/mol. The molecule has 0 saturated heterocycles. The maximum absolute atomic E-state index is 13.5. The van der Waals surface area contributed by atoms with Crippen molar-refractivity contribution in [1.82, 2.24) is 5.32 Å². The van der Waals surface area contributed by atoms with Gasteiger partial charge in [0, 0.05) is 5.92 Å². The predicted molar refractivity (Wildman–Crippen MR) is 61.8 cm³/mol. The van der Waals surface area contributed by atoms with Crippen LogP contribution in [0.15, 0.2) is 24.3 Å². The molecular weight excluding hydrogens is 205 g/mol. The monoisotopic (exact) mass is 223 g/mol. The number of halogens is 1. The second-order valence-corrected chi connectivity index (χ2v) is 4.30. The lowest BCUT2D eigenvalue weighted by atomic mass is 10.1. The highest BCUT2D eigenvalue weighted by Crippen LogP contribution is 2.42. The third-order valence-corrected chi connectivity index (χ3v) is 3.31. The van der Waals surface area contributed by atoms with Crippen LogP contribution < -0.4 is 10.1 Å². The van der Waals surface area contributed by atoms with Crippen LogP contribution in [0.2, 0.25) is 0 Å². The van der Waals surface area contributed by atoms with Gasteiger partial charge in [0.05, 0.1) is 0 Å². The third-order valence-electron chi connectivity index (χ3n) is 3.31. The van der Waals surface area contributed by atoms with Crippen molar-refractivity contribution in [1.29, 1.82) is 0 Å². The summed E-state index contributed by atoms with van der Waals surface area (Å²) in [7, 11) is 1.88. The molecule has 0 spiro atoms. The lowest BCUT2D eigenvalue weighted by molar-refractivity contribution is 0.0104. The van der Waals surface area contributed by atoms with Gasteiger partial charge in [-0.25, -0.2) is 4.39 Å². The Labute approximate surface area is 95.8 Å². The quantitative estimate of drug-likeness (QED) is 0.775. The maximum Gasteiger partial charge on any atom is 0.165 e. The van der Waals surface area contributed by atoms with Crippen LogP contribution in [0, 0.1) is 11.7 Å². The molecule has 1 aromatic rings. The molecule has 0 aliphatic heterocycles. The van der Waals surface area contributed by atoms with Gasteiger partial charge in [-0.2, -0.15) is 0 Å². The molecule has 1 saturated carbocycles. The van der Waals surface area contributed by atoms with Gasteiger partial charge in [-0.3, -0.25) is 5.32 Å². The van der Waals surface area contributed by atoms with Gasteiger partial charge in [-0.1, -0.05) is 19.1 Å². The number of nitrogens with one attached hydrogen (secondary N) is 1. The zero-order valence-electron chi connectivity index (χ0n) is 9.79. The van der Waals surface area contributed by atoms with Gasteiger partial charge in [-0.15, -0.1) is 0 Å². The Hall–Kier alpha value is -1.09. The highest BCUT2D eigenvalue weighted by Gasteiger charge is 2.45. The first kappa shape index (κ1) is 11.4. The van der Waals surface area contributed by atoms with Crippen LogP contribution in [0.4, 0.5) is 4.39 Å². The van der Waals surface area contributed by atoms with Gasteiger partial charge < -0.3 is 4.74 Å². The van der Waals surface area contributed by atoms with Crippen LogP contribution in [0.1, 0.15) is 26.2 Å². The Morgan fingerprint density at radius 1 is 1.44 bits per heavy atom. The van der Waals surface area contributed by atoms with E-state index in [9.17, 15) is 4.39 Å². The minimum absolute atomic E-state index is 0.295. The Bertz CT molecular complexity index is 359. The fourth-order valence-electron chi connectivity index (χ4n) is 2.15. The molecule has 3 heteroatoms. The lowest BCUT2D eigenvalue weighted by Gasteiger charge is -2.33. The van der Waals surface area contributed by atoms with Crippen molar-refractivity contribution in [2.45, 2.75) is 31.9 Å². The summed E-state index contributed by atoms with van der Waals surface area (Å²) in [5.41, 5.74) is -0.401. The highest BCUT2D eigenvalue weighted by atomic mass is 19.1. The second-order valence-electron chi connectivity index (χ2n) is 4.30. The van der Waals surface area contributed by atoms with E-state index >= 15 is 0 Å². The molecule has 1 aliphatic rings. The van der Waals surface area contributed by atoms with Crippen molar-refractivity contribution in [2.75, 3.05) is 7.05 Å². The number of hydrogen-bond donors (Lipinski definition) is 1. The van der Waals surface area contributed by atoms with E-state index in [-0.39, 0.29) is 5.82 Å². The molecule has 0 amide bonds. The molecule has 1 aromatic carbocycles. The average Bonchev–Trinajstić information content (AvgIpc) is 3.13. The summed E-state index contributed by atoms with van der Waals surface area (Å²) in [6.45, 7) is 2.07. The molecule has 1 unspecified atom stereocenters. The standard InChI is InChI=1S/C13H18FNO/c1-3-13(15-2,10-8-9-10)16-12-7-5-4-6-11(12)14/h4-7,10,15H,3,8-9H2,1-2H3. The molecule has 0 aromatic heterocycles. The van der Waals surface area contributed by atoms with E-state index in [1.807, 2.05) is 7.05 Å². The Kier molecular flexibility index (Phi) is 3.15. The SMILES string of the molecule is CCC(NC)(Oc1ccccc1F)C1CC1. The molecule has 0 heterocycles. The number of hydrogen-bond acceptors (Lipinski definition) is 2. The third kappa shape index (κ3) is 2.05. The molecule has 0 radical (unpaired) electrons. The largest absolute Gasteiger partial charge is 0.469 e. The maximum atomic E-state index is 13.5. The van der Waals surface area contributed by atoms with Crippen molar-refractivity contribution in [3.8, 4) is 5.75 Å². The molecule has 1 aliphatic carbocycles. The minimum atomic E-state index is -0.401. The summed E-state index contributed by atoms with van der Waals surface area (Å²) in [5.74, 6) is 0.545. The Morgan fingerprint density at radius 3 is 2.62 bits per heavy atom. The first-order valence-corrected chi connectivity index (χ1v) is 5.84. The minimum Gasteiger partial charge on any atom is -0.469 e. The van der Waals surface area contributed by atoms with Crippen LogP contribution in [-0.4, -0.2) is 12.8 Å². The summed E-state index contributed by atoms with van der Waals surface area (Å²) in [6, 6.07) is 6.57. The van der Waals surface area contributed by atoms with E-state index in [2.05, 4.69) is 12.2 Å². The molecule has 88 valence electrons. The number of para-hydroxylation sites is 1. The molecular formula is C13H18FNO. The van der Waals surface area contributed by atoms with E-state index in [1.54, 1.807) is 18.2 Å². The first-order chi connectivity index (χ1) is 7.72. The van der Waals surface area contributed by atoms with E-state index in [4.69, 9.17) is 4.74 Å². The summed E-state index contributed by atoms with van der Waals surface area (Å²) in [6.07, 6.45) is 3.15. The molecule has 0 bridgehead atoms. The summed E-state index contributed by atoms with van der Waals surface area (Å²) in [5, 5.41) is 3.21. The normalized spacial score (nSPS) is 19.2. The zero-order valence-corrected chi connectivity index (χ0v) is 9.79. The van der Waals surface area contributed by atoms with E-state index in [0.717, 1.165) is 19.3 Å². The van der Waals surface area contributed by atoms with E-state index < -0.39 is 5.72 Å². The van der Waals surface area contributed by atoms with Crippen molar-refractivity contribution in [2.24, 2.45) is 5.92 Å². The highest BCUT2D eigenvalue weighted by molar-refractivity contribution is 5.25. The zero-order chi connectivity index (χ0) is 11.6. The van der Waals surface area contributed by atoms with Gasteiger partial charge in [0.15, 0.2) is 17.3 Å². The van der Waals surface area contributed by atoms with Gasteiger partial charge in [0.2, 0.25) is 0 Å². The summed E-state index contributed by atoms with van der Waals surface area (Å²) >= 11 is 0. The molecule has 16 heavy (non-hydrogen) atoms. The predicted octanol–water partition coefficient (Wildman–Crippen LogP) is 2.94. The van der Waals surface area contributed by atoms with Crippen LogP contribution in [0.5, 0.6) is 5.75 Å². The van der Waals surface area contributed by atoms with Gasteiger partial charge in [-0.05, 0) is 38.4 Å². The Morgan fingerprint density at radius 2 is 2.12 bits per heavy atom. The molecule has 2 nitrogen and oxygen atoms in total. The topological polar surface area (TPSA) is 21.3 Å². The van der Waals surface area contributed by atoms with Crippen molar-refractivity contribution < 1.29 is 9.13 Å². The van der Waals surface area contributed by atoms with Gasteiger partial charge in [0.1, 0.15) is 0 Å². The van der Waals surface area contributed by atoms with E-state index in [1.165, 1.54) is 6.07 Å². The fraction of sp³-hybridized carbons (Fsp3) is 0.538. The number of benzene rings is 1. The van der Waals surface area contributed by atoms with E-state index in [0.29, 0.717) is 11.7 Å². The summed E-state index contributed by atoms with van der Waals surface area (Å²) < 4.78 is 19.4. The second kappa shape index (κ2) is 4.42. The van der Waals surface area contributed by atoms with Crippen LogP contribution >= 0.6 is 0 Å². The van der Waals surface area contributed by atoms with Gasteiger partial charge >= 0.3 is 0 Å². The first-order valence-electron chi connectivity index (χ1n) is 5.84. The number of ether oxygens (including phenoxy) is 1. The van der Waals surface area contributed by atoms with Crippen molar-refractivity contribution in [3.05, 3.63) is 30.1 Å². The Balaban J connectivity index is 2.20. The molecule has 2 rings (SSSR count). The van der Waals surface area contributed by atoms with Crippen LogP contribution in [-0.2, 0) is 0 Å². The molecule has 1 atom stereocenters. The fourth-order valence-corrected chi connectivity index (χ4v) is 2.15. The van der Waals surface area contributed by atoms with Gasteiger partial charge in [0.25, 0.3) is 0 Å². The van der Waals surface area contributed by atoms with Crippen molar-refractivity contribution in [3.63, 3.8) is 0 Å². The number of rotatable bonds is 5. The van der Waals surface area contributed by atoms with Crippen molar-refractivity contribution >= 4 is 0 Å². The summed E-state index contributed by atoms with van der Waals surface area (Å²) in [4.78, 5) is 0. The lowest BCUT2D eigenvalue weighted by Crippen LogP contribution is -2.50. The van der Waals surface area contributed by atoms with Crippen LogP contribution in [0.25, 0.3) is 0 Å². The molecule has 1 fully saturated rings. The van der Waals surface area contributed by atoms with Crippen LogP contribution in [0.3, 0.4) is 0 Å². The molecule has 1 N–H and O–H groups in total.